The zero-order valence-electron chi connectivity index (χ0n) is 18.8. The number of hydrogen-bond acceptors (Lipinski definition) is 8. The van der Waals surface area contributed by atoms with Crippen LogP contribution < -0.4 is 21.3 Å². The third kappa shape index (κ3) is 6.74. The van der Waals surface area contributed by atoms with Crippen molar-refractivity contribution in [3.05, 3.63) is 94.8 Å². The minimum atomic E-state index is -0.380. The molecule has 1 amide bonds. The number of nitrogens with one attached hydrogen (secondary N) is 2. The highest BCUT2D eigenvalue weighted by atomic mass is 35.5. The number of nitrogen functional groups attached to an aromatic ring is 1. The van der Waals surface area contributed by atoms with Gasteiger partial charge >= 0.3 is 0 Å². The quantitative estimate of drug-likeness (QED) is 0.120. The van der Waals surface area contributed by atoms with E-state index in [2.05, 4.69) is 26.0 Å². The molecule has 0 aliphatic heterocycles. The predicted octanol–water partition coefficient (Wildman–Crippen LogP) is 4.54. The van der Waals surface area contributed by atoms with Crippen LogP contribution in [0, 0.1) is 5.82 Å². The molecule has 0 radical (unpaired) electrons. The van der Waals surface area contributed by atoms with Gasteiger partial charge in [0.25, 0.3) is 5.95 Å². The minimum Gasteiger partial charge on any atom is -0.488 e. The predicted molar refractivity (Wildman–Crippen MR) is 139 cm³/mol. The summed E-state index contributed by atoms with van der Waals surface area (Å²) in [6.45, 7) is 0.310. The molecule has 184 valence electrons. The van der Waals surface area contributed by atoms with E-state index in [-0.39, 0.29) is 23.4 Å². The molecule has 0 unspecified atom stereocenters. The van der Waals surface area contributed by atoms with E-state index in [9.17, 15) is 9.18 Å². The van der Waals surface area contributed by atoms with Gasteiger partial charge in [-0.15, -0.1) is 10.2 Å². The van der Waals surface area contributed by atoms with Gasteiger partial charge in [-0.2, -0.15) is 5.10 Å². The Hall–Kier alpha value is -4.09. The zero-order chi connectivity index (χ0) is 25.3. The first-order chi connectivity index (χ1) is 17.5. The smallest absolute Gasteiger partial charge is 0.264 e. The number of ether oxygens (including phenoxy) is 1. The largest absolute Gasteiger partial charge is 0.488 e. The van der Waals surface area contributed by atoms with Crippen LogP contribution in [0.5, 0.6) is 5.75 Å². The molecular formula is C24H21ClFN7O2S. The van der Waals surface area contributed by atoms with Crippen molar-refractivity contribution >= 4 is 47.1 Å². The lowest BCUT2D eigenvalue weighted by molar-refractivity contribution is -0.113. The third-order valence-corrected chi connectivity index (χ3v) is 6.06. The van der Waals surface area contributed by atoms with Gasteiger partial charge in [0.2, 0.25) is 11.1 Å². The maximum absolute atomic E-state index is 13.0. The van der Waals surface area contributed by atoms with E-state index in [1.54, 1.807) is 6.21 Å². The Morgan fingerprint density at radius 2 is 1.86 bits per heavy atom. The molecule has 0 aliphatic rings. The first-order valence-corrected chi connectivity index (χ1v) is 12.0. The number of benzene rings is 3. The number of nitrogens with two attached hydrogens (primary N) is 1. The van der Waals surface area contributed by atoms with Crippen molar-refractivity contribution in [3.8, 4) is 5.75 Å². The molecule has 1 aromatic heterocycles. The summed E-state index contributed by atoms with van der Waals surface area (Å²) in [5.74, 6) is 6.18. The maximum atomic E-state index is 13.0. The molecule has 1 heterocycles. The lowest BCUT2D eigenvalue weighted by Gasteiger charge is -2.10. The Balaban J connectivity index is 1.31. The van der Waals surface area contributed by atoms with Gasteiger partial charge in [0.05, 0.1) is 12.0 Å². The maximum Gasteiger partial charge on any atom is 0.264 e. The summed E-state index contributed by atoms with van der Waals surface area (Å²) in [5.41, 5.74) is 4.82. The summed E-state index contributed by atoms with van der Waals surface area (Å²) < 4.78 is 20.1. The highest BCUT2D eigenvalue weighted by molar-refractivity contribution is 7.99. The highest BCUT2D eigenvalue weighted by Gasteiger charge is 2.12. The van der Waals surface area contributed by atoms with Crippen LogP contribution in [0.15, 0.2) is 83.1 Å². The number of aromatic nitrogens is 3. The van der Waals surface area contributed by atoms with E-state index < -0.39 is 0 Å². The molecule has 0 aliphatic carbocycles. The molecule has 9 nitrogen and oxygen atoms in total. The zero-order valence-corrected chi connectivity index (χ0v) is 20.3. The molecule has 4 aromatic rings. The Morgan fingerprint density at radius 3 is 2.67 bits per heavy atom. The summed E-state index contributed by atoms with van der Waals surface area (Å²) in [5, 5.41) is 15.7. The molecular weight excluding hydrogens is 505 g/mol. The molecule has 0 bridgehead atoms. The van der Waals surface area contributed by atoms with Crippen molar-refractivity contribution in [1.82, 2.24) is 14.9 Å². The van der Waals surface area contributed by atoms with E-state index in [1.807, 2.05) is 48.5 Å². The number of anilines is 2. The molecule has 12 heteroatoms. The number of thioether (sulfide) groups is 1. The van der Waals surface area contributed by atoms with Crippen LogP contribution in [0.2, 0.25) is 5.02 Å². The standard InChI is InChI=1S/C24H21ClFN7O2S/c25-20-7-3-1-6-17(20)14-35-21-8-4-2-5-16(21)13-28-30-23-31-32-24(33(23)27)36-15-22(34)29-19-11-9-18(26)10-12-19/h1-13H,14-15,27H2,(H,29,34)(H,30,31)/b28-13+. The van der Waals surface area contributed by atoms with Crippen LogP contribution >= 0.6 is 23.4 Å². The van der Waals surface area contributed by atoms with Crippen molar-refractivity contribution in [2.24, 2.45) is 5.10 Å². The third-order valence-electron chi connectivity index (χ3n) is 4.75. The summed E-state index contributed by atoms with van der Waals surface area (Å²) in [4.78, 5) is 12.1. The normalized spacial score (nSPS) is 10.9. The van der Waals surface area contributed by atoms with Gasteiger partial charge in [-0.1, -0.05) is 53.7 Å². The molecule has 36 heavy (non-hydrogen) atoms. The number of hydrogen-bond donors (Lipinski definition) is 3. The Bertz CT molecular complexity index is 1360. The van der Waals surface area contributed by atoms with Crippen molar-refractivity contribution in [2.75, 3.05) is 22.3 Å². The van der Waals surface area contributed by atoms with Crippen molar-refractivity contribution in [3.63, 3.8) is 0 Å². The van der Waals surface area contributed by atoms with Crippen LogP contribution in [0.3, 0.4) is 0 Å². The summed E-state index contributed by atoms with van der Waals surface area (Å²) in [7, 11) is 0. The van der Waals surface area contributed by atoms with Gasteiger partial charge in [-0.05, 0) is 42.5 Å². The van der Waals surface area contributed by atoms with Gasteiger partial charge in [-0.25, -0.2) is 14.5 Å². The Morgan fingerprint density at radius 1 is 1.11 bits per heavy atom. The second-order valence-corrected chi connectivity index (χ2v) is 8.66. The molecule has 0 saturated carbocycles. The Labute approximate surface area is 215 Å². The number of hydrazone groups is 1. The van der Waals surface area contributed by atoms with Gasteiger partial charge in [0.1, 0.15) is 18.2 Å². The molecule has 4 rings (SSSR count). The van der Waals surface area contributed by atoms with E-state index in [0.717, 1.165) is 22.9 Å². The highest BCUT2D eigenvalue weighted by Crippen LogP contribution is 2.21. The average molecular weight is 526 g/mol. The van der Waals surface area contributed by atoms with Crippen molar-refractivity contribution in [2.45, 2.75) is 11.8 Å². The number of carbonyl (C=O) groups excluding carboxylic acids is 1. The van der Waals surface area contributed by atoms with Crippen molar-refractivity contribution < 1.29 is 13.9 Å². The fraction of sp³-hybridized carbons (Fsp3) is 0.0833. The molecule has 3 aromatic carbocycles. The number of para-hydroxylation sites is 1. The molecule has 0 saturated heterocycles. The van der Waals surface area contributed by atoms with Gasteiger partial charge in [-0.3, -0.25) is 4.79 Å². The number of rotatable bonds is 10. The molecule has 4 N–H and O–H groups in total. The second-order valence-electron chi connectivity index (χ2n) is 7.31. The number of amides is 1. The lowest BCUT2D eigenvalue weighted by atomic mass is 10.2. The second kappa shape index (κ2) is 12.0. The fourth-order valence-electron chi connectivity index (χ4n) is 2.96. The molecule has 0 fully saturated rings. The van der Waals surface area contributed by atoms with Gasteiger partial charge < -0.3 is 15.9 Å². The van der Waals surface area contributed by atoms with E-state index >= 15 is 0 Å². The van der Waals surface area contributed by atoms with E-state index in [1.165, 1.54) is 28.9 Å². The molecule has 0 atom stereocenters. The van der Waals surface area contributed by atoms with Crippen molar-refractivity contribution in [1.29, 1.82) is 0 Å². The topological polar surface area (TPSA) is 119 Å². The summed E-state index contributed by atoms with van der Waals surface area (Å²) in [6.07, 6.45) is 1.57. The van der Waals surface area contributed by atoms with Crippen LogP contribution in [-0.2, 0) is 11.4 Å². The first kappa shape index (κ1) is 25.0. The molecule has 0 spiro atoms. The average Bonchev–Trinajstić information content (AvgIpc) is 3.23. The van der Waals surface area contributed by atoms with Crippen LogP contribution in [0.4, 0.5) is 16.0 Å². The summed E-state index contributed by atoms with van der Waals surface area (Å²) in [6, 6.07) is 20.4. The SMILES string of the molecule is Nn1c(N/N=C/c2ccccc2OCc2ccccc2Cl)nnc1SCC(=O)Nc1ccc(F)cc1. The Kier molecular flexibility index (Phi) is 8.37. The number of carbonyl (C=O) groups is 1. The minimum absolute atomic E-state index is 0.0339. The van der Waals surface area contributed by atoms with Crippen LogP contribution in [0.1, 0.15) is 11.1 Å². The summed E-state index contributed by atoms with van der Waals surface area (Å²) >= 11 is 7.29. The fourth-order valence-corrected chi connectivity index (χ4v) is 3.81. The number of halogens is 2. The van der Waals surface area contributed by atoms with Gasteiger partial charge in [0.15, 0.2) is 0 Å². The van der Waals surface area contributed by atoms with Gasteiger partial charge in [0, 0.05) is 21.8 Å². The van der Waals surface area contributed by atoms with Crippen LogP contribution in [-0.4, -0.2) is 32.7 Å². The van der Waals surface area contributed by atoms with E-state index in [4.69, 9.17) is 22.2 Å². The monoisotopic (exact) mass is 525 g/mol. The van der Waals surface area contributed by atoms with Crippen LogP contribution in [0.25, 0.3) is 0 Å². The lowest BCUT2D eigenvalue weighted by Crippen LogP contribution is -2.16. The first-order valence-electron chi connectivity index (χ1n) is 10.6. The number of nitrogens with zero attached hydrogens (tertiary/aromatic N) is 4. The van der Waals surface area contributed by atoms with E-state index in [0.29, 0.717) is 28.2 Å².